The monoisotopic (exact) mass is 418 g/mol. The van der Waals surface area contributed by atoms with Crippen LogP contribution >= 0.6 is 0 Å². The SMILES string of the molecule is COC(=O)c1cc2c([nH]c1=O)C[C@@]13CCN(CC4CC4)C[C@@]1(Cc1ccc(C)cc13)C2. The molecule has 0 radical (unpaired) electrons. The predicted molar refractivity (Wildman–Crippen MR) is 119 cm³/mol. The Morgan fingerprint density at radius 3 is 2.77 bits per heavy atom. The molecule has 31 heavy (non-hydrogen) atoms. The minimum Gasteiger partial charge on any atom is -0.465 e. The first-order chi connectivity index (χ1) is 14.9. The number of nitrogens with zero attached hydrogens (tertiary/aromatic N) is 1. The number of aryl methyl sites for hydroxylation is 1. The first-order valence-corrected chi connectivity index (χ1v) is 11.6. The number of carbonyl (C=O) groups is 1. The molecule has 1 saturated carbocycles. The number of pyridine rings is 1. The number of aromatic nitrogens is 1. The van der Waals surface area contributed by atoms with Crippen molar-refractivity contribution in [1.29, 1.82) is 0 Å². The van der Waals surface area contributed by atoms with Gasteiger partial charge in [-0.25, -0.2) is 4.79 Å². The van der Waals surface area contributed by atoms with Crippen molar-refractivity contribution >= 4 is 5.97 Å². The summed E-state index contributed by atoms with van der Waals surface area (Å²) in [5.41, 5.74) is 6.40. The van der Waals surface area contributed by atoms with E-state index in [2.05, 4.69) is 35.0 Å². The maximum atomic E-state index is 12.7. The molecule has 4 aliphatic rings. The quantitative estimate of drug-likeness (QED) is 0.778. The zero-order valence-corrected chi connectivity index (χ0v) is 18.4. The number of esters is 1. The lowest BCUT2D eigenvalue weighted by Gasteiger charge is -2.56. The van der Waals surface area contributed by atoms with Crippen LogP contribution in [0, 0.1) is 18.3 Å². The molecule has 2 heterocycles. The fourth-order valence-corrected chi connectivity index (χ4v) is 6.91. The second-order valence-electron chi connectivity index (χ2n) is 10.5. The third-order valence-electron chi connectivity index (χ3n) is 8.55. The predicted octanol–water partition coefficient (Wildman–Crippen LogP) is 3.16. The van der Waals surface area contributed by atoms with Crippen LogP contribution in [-0.2, 0) is 29.4 Å². The van der Waals surface area contributed by atoms with E-state index in [0.717, 1.165) is 55.9 Å². The summed E-state index contributed by atoms with van der Waals surface area (Å²) in [6, 6.07) is 8.78. The summed E-state index contributed by atoms with van der Waals surface area (Å²) < 4.78 is 4.86. The van der Waals surface area contributed by atoms with Gasteiger partial charge in [0.05, 0.1) is 7.11 Å². The average Bonchev–Trinajstić information content (AvgIpc) is 3.52. The second-order valence-corrected chi connectivity index (χ2v) is 10.5. The van der Waals surface area contributed by atoms with E-state index in [1.165, 1.54) is 43.2 Å². The van der Waals surface area contributed by atoms with E-state index >= 15 is 0 Å². The van der Waals surface area contributed by atoms with Crippen molar-refractivity contribution in [3.63, 3.8) is 0 Å². The molecule has 5 nitrogen and oxygen atoms in total. The molecule has 1 N–H and O–H groups in total. The molecule has 2 fully saturated rings. The Labute approximate surface area is 182 Å². The Balaban J connectivity index is 1.49. The fraction of sp³-hybridized carbons (Fsp3) is 0.538. The van der Waals surface area contributed by atoms with Gasteiger partial charge in [-0.05, 0) is 80.7 Å². The van der Waals surface area contributed by atoms with E-state index in [1.54, 1.807) is 0 Å². The summed E-state index contributed by atoms with van der Waals surface area (Å²) in [7, 11) is 1.33. The number of rotatable bonds is 3. The molecule has 1 aromatic heterocycles. The van der Waals surface area contributed by atoms with Crippen LogP contribution in [0.3, 0.4) is 0 Å². The fourth-order valence-electron chi connectivity index (χ4n) is 6.91. The molecule has 1 aliphatic heterocycles. The third-order valence-corrected chi connectivity index (χ3v) is 8.55. The largest absolute Gasteiger partial charge is 0.465 e. The topological polar surface area (TPSA) is 62.4 Å². The van der Waals surface area contributed by atoms with Gasteiger partial charge in [0, 0.05) is 29.6 Å². The highest BCUT2D eigenvalue weighted by Gasteiger charge is 2.61. The molecule has 2 atom stereocenters. The summed E-state index contributed by atoms with van der Waals surface area (Å²) in [5, 5.41) is 0. The summed E-state index contributed by atoms with van der Waals surface area (Å²) in [6.45, 7) is 5.63. The zero-order valence-electron chi connectivity index (χ0n) is 18.4. The number of nitrogens with one attached hydrogen (secondary N) is 1. The Morgan fingerprint density at radius 1 is 1.19 bits per heavy atom. The van der Waals surface area contributed by atoms with E-state index in [9.17, 15) is 9.59 Å². The van der Waals surface area contributed by atoms with Crippen molar-refractivity contribution < 1.29 is 9.53 Å². The maximum Gasteiger partial charge on any atom is 0.343 e. The van der Waals surface area contributed by atoms with E-state index in [4.69, 9.17) is 4.74 Å². The van der Waals surface area contributed by atoms with Gasteiger partial charge in [0.1, 0.15) is 5.56 Å². The van der Waals surface area contributed by atoms with Gasteiger partial charge < -0.3 is 14.6 Å². The first-order valence-electron chi connectivity index (χ1n) is 11.6. The number of likely N-dealkylation sites (tertiary alicyclic amines) is 1. The van der Waals surface area contributed by atoms with E-state index in [-0.39, 0.29) is 22.0 Å². The van der Waals surface area contributed by atoms with E-state index < -0.39 is 5.97 Å². The number of H-pyrrole nitrogens is 1. The highest BCUT2D eigenvalue weighted by molar-refractivity contribution is 5.89. The van der Waals surface area contributed by atoms with Crippen molar-refractivity contribution in [3.8, 4) is 0 Å². The van der Waals surface area contributed by atoms with Crippen LogP contribution in [0.25, 0.3) is 0 Å². The van der Waals surface area contributed by atoms with Crippen LogP contribution in [0.1, 0.15) is 57.6 Å². The highest BCUT2D eigenvalue weighted by atomic mass is 16.5. The van der Waals surface area contributed by atoms with Gasteiger partial charge in [0.15, 0.2) is 0 Å². The third kappa shape index (κ3) is 2.78. The van der Waals surface area contributed by atoms with Crippen LogP contribution < -0.4 is 5.56 Å². The van der Waals surface area contributed by atoms with E-state index in [1.807, 2.05) is 6.07 Å². The lowest BCUT2D eigenvalue weighted by Crippen LogP contribution is -2.60. The maximum absolute atomic E-state index is 12.7. The van der Waals surface area contributed by atoms with Gasteiger partial charge in [-0.15, -0.1) is 0 Å². The minimum absolute atomic E-state index is 0.0666. The Morgan fingerprint density at radius 2 is 2.00 bits per heavy atom. The number of hydrogen-bond acceptors (Lipinski definition) is 4. The molecule has 3 aliphatic carbocycles. The number of methoxy groups -OCH3 is 1. The number of aromatic amines is 1. The van der Waals surface area contributed by atoms with Gasteiger partial charge in [-0.1, -0.05) is 23.8 Å². The second kappa shape index (κ2) is 6.55. The zero-order chi connectivity index (χ0) is 21.4. The molecule has 1 aromatic carbocycles. The highest BCUT2D eigenvalue weighted by Crippen LogP contribution is 2.61. The summed E-state index contributed by atoms with van der Waals surface area (Å²) in [6.07, 6.45) is 6.72. The molecule has 0 spiro atoms. The van der Waals surface area contributed by atoms with Crippen LogP contribution in [-0.4, -0.2) is 42.6 Å². The average molecular weight is 419 g/mol. The minimum atomic E-state index is -0.553. The van der Waals surface area contributed by atoms with Gasteiger partial charge >= 0.3 is 5.97 Å². The van der Waals surface area contributed by atoms with Crippen LogP contribution in [0.2, 0.25) is 0 Å². The Bertz CT molecular complexity index is 1150. The van der Waals surface area contributed by atoms with Crippen molar-refractivity contribution in [2.75, 3.05) is 26.7 Å². The van der Waals surface area contributed by atoms with Crippen LogP contribution in [0.15, 0.2) is 29.1 Å². The smallest absolute Gasteiger partial charge is 0.343 e. The number of fused-ring (bicyclic) bond motifs is 2. The number of benzene rings is 1. The van der Waals surface area contributed by atoms with E-state index in [0.29, 0.717) is 0 Å². The van der Waals surface area contributed by atoms with Crippen LogP contribution in [0.4, 0.5) is 0 Å². The van der Waals surface area contributed by atoms with Crippen molar-refractivity contribution in [3.05, 3.63) is 68.1 Å². The molecule has 0 unspecified atom stereocenters. The molecule has 0 amide bonds. The standard InChI is InChI=1S/C26H30N2O3/c1-16-3-6-18-11-25-12-19-10-20(24(30)31-2)23(29)27-22(19)13-26(25,21(18)9-16)7-8-28(15-25)14-17-4-5-17/h3,6,9-10,17H,4-5,7-8,11-15H2,1-2H3,(H,27,29)/t25-,26-/m1/s1. The van der Waals surface area contributed by atoms with Crippen molar-refractivity contribution in [2.24, 2.45) is 11.3 Å². The summed E-state index contributed by atoms with van der Waals surface area (Å²) in [5.74, 6) is 0.329. The van der Waals surface area contributed by atoms with Gasteiger partial charge in [0.2, 0.25) is 0 Å². The first kappa shape index (κ1) is 19.3. The molecular formula is C26H30N2O3. The van der Waals surface area contributed by atoms with Crippen molar-refractivity contribution in [2.45, 2.75) is 50.9 Å². The lowest BCUT2D eigenvalue weighted by atomic mass is 9.52. The van der Waals surface area contributed by atoms with Crippen molar-refractivity contribution in [1.82, 2.24) is 9.88 Å². The number of carbonyl (C=O) groups excluding carboxylic acids is 1. The summed E-state index contributed by atoms with van der Waals surface area (Å²) >= 11 is 0. The summed E-state index contributed by atoms with van der Waals surface area (Å²) in [4.78, 5) is 30.6. The number of piperidine rings is 1. The molecule has 1 saturated heterocycles. The molecule has 162 valence electrons. The van der Waals surface area contributed by atoms with Gasteiger partial charge in [0.25, 0.3) is 5.56 Å². The normalized spacial score (nSPS) is 29.0. The van der Waals surface area contributed by atoms with Gasteiger partial charge in [-0.2, -0.15) is 0 Å². The number of hydrogen-bond donors (Lipinski definition) is 1. The van der Waals surface area contributed by atoms with Gasteiger partial charge in [-0.3, -0.25) is 4.79 Å². The molecule has 6 rings (SSSR count). The van der Waals surface area contributed by atoms with Crippen LogP contribution in [0.5, 0.6) is 0 Å². The molecular weight excluding hydrogens is 388 g/mol. The molecule has 2 aromatic rings. The molecule has 5 heteroatoms. The Kier molecular flexibility index (Phi) is 4.08. The molecule has 0 bridgehead atoms. The number of ether oxygens (including phenoxy) is 1. The lowest BCUT2D eigenvalue weighted by molar-refractivity contribution is 0.00114. The Hall–Kier alpha value is -2.40.